The first kappa shape index (κ1) is 39.0. The molecule has 0 aromatic rings. The molecule has 0 nitrogen and oxygen atoms in total. The van der Waals surface area contributed by atoms with Crippen molar-refractivity contribution in [2.45, 2.75) is 170 Å². The summed E-state index contributed by atoms with van der Waals surface area (Å²) in [6.07, 6.45) is 11.5. The second-order valence-corrected chi connectivity index (χ2v) is 17.5. The summed E-state index contributed by atoms with van der Waals surface area (Å²) in [6, 6.07) is 0. The van der Waals surface area contributed by atoms with Crippen LogP contribution < -0.4 is 0 Å². The molecule has 12 unspecified atom stereocenters. The Morgan fingerprint density at radius 2 is 1.27 bits per heavy atom. The second-order valence-electron chi connectivity index (χ2n) is 17.5. The molecule has 0 amide bonds. The predicted molar refractivity (Wildman–Crippen MR) is 188 cm³/mol. The van der Waals surface area contributed by atoms with E-state index in [0.29, 0.717) is 10.8 Å². The Hall–Kier alpha value is 0. The van der Waals surface area contributed by atoms with Gasteiger partial charge in [0.15, 0.2) is 0 Å². The molecule has 0 radical (unpaired) electrons. The summed E-state index contributed by atoms with van der Waals surface area (Å²) < 4.78 is 0. The van der Waals surface area contributed by atoms with Crippen LogP contribution in [-0.2, 0) is 0 Å². The average molecular weight is 575 g/mol. The van der Waals surface area contributed by atoms with Gasteiger partial charge in [-0.05, 0) is 132 Å². The molecule has 0 aromatic carbocycles. The van der Waals surface area contributed by atoms with Crippen LogP contribution in [0.3, 0.4) is 0 Å². The summed E-state index contributed by atoms with van der Waals surface area (Å²) >= 11 is 0. The number of fused-ring (bicyclic) bond motifs is 1. The molecule has 41 heavy (non-hydrogen) atoms. The minimum atomic E-state index is 0. The minimum absolute atomic E-state index is 0. The Bertz CT molecular complexity index is 716. The van der Waals surface area contributed by atoms with E-state index in [1.165, 1.54) is 51.4 Å². The standard InChI is InChI=1S/C29H56.C11H22.CH4/c1-13-25-21(9)27-23(11)29(15-3,22(10)20(8)19(6)7)24(16-18(4)5)17-28(27,12)26(25)14-2;1-8(2)10-5-6-11(7-10)9(3)4;/h18-27H,13-17H2,1-12H3;8-11H,5-7H2,1-4H3;1H4. The largest absolute Gasteiger partial charge is 0.0776 e. The first-order valence-electron chi connectivity index (χ1n) is 18.5. The lowest BCUT2D eigenvalue weighted by Crippen LogP contribution is -2.56. The van der Waals surface area contributed by atoms with Crippen LogP contribution in [0.1, 0.15) is 170 Å². The van der Waals surface area contributed by atoms with Crippen LogP contribution in [0.2, 0.25) is 0 Å². The number of hydrogen-bond acceptors (Lipinski definition) is 0. The smallest absolute Gasteiger partial charge is 0.0215 e. The third-order valence-electron chi connectivity index (χ3n) is 14.6. The molecule has 0 N–H and O–H groups in total. The monoisotopic (exact) mass is 575 g/mol. The van der Waals surface area contributed by atoms with Gasteiger partial charge in [-0.1, -0.05) is 131 Å². The summed E-state index contributed by atoms with van der Waals surface area (Å²) in [5.74, 6) is 12.5. The van der Waals surface area contributed by atoms with E-state index in [4.69, 9.17) is 0 Å². The number of hydrogen-bond donors (Lipinski definition) is 0. The maximum atomic E-state index is 2.73. The van der Waals surface area contributed by atoms with Crippen molar-refractivity contribution in [3.63, 3.8) is 0 Å². The van der Waals surface area contributed by atoms with Crippen molar-refractivity contribution >= 4 is 0 Å². The maximum Gasteiger partial charge on any atom is -0.0215 e. The number of rotatable bonds is 10. The average Bonchev–Trinajstić information content (AvgIpc) is 3.45. The van der Waals surface area contributed by atoms with E-state index in [0.717, 1.165) is 82.9 Å². The van der Waals surface area contributed by atoms with Crippen molar-refractivity contribution < 1.29 is 0 Å². The van der Waals surface area contributed by atoms with Crippen LogP contribution >= 0.6 is 0 Å². The molecular formula is C41H82. The molecule has 0 heterocycles. The topological polar surface area (TPSA) is 0 Å². The van der Waals surface area contributed by atoms with Crippen LogP contribution in [0.15, 0.2) is 0 Å². The van der Waals surface area contributed by atoms with Crippen molar-refractivity contribution in [2.24, 2.45) is 93.7 Å². The fourth-order valence-corrected chi connectivity index (χ4v) is 12.1. The highest BCUT2D eigenvalue weighted by Crippen LogP contribution is 2.71. The lowest BCUT2D eigenvalue weighted by Gasteiger charge is -2.63. The zero-order valence-corrected chi connectivity index (χ0v) is 30.7. The van der Waals surface area contributed by atoms with Gasteiger partial charge in [-0.3, -0.25) is 0 Å². The molecule has 0 bridgehead atoms. The van der Waals surface area contributed by atoms with E-state index in [-0.39, 0.29) is 7.43 Å². The third kappa shape index (κ3) is 7.63. The highest BCUT2D eigenvalue weighted by molar-refractivity contribution is 5.13. The Balaban J connectivity index is 0.000000588. The molecule has 0 saturated heterocycles. The predicted octanol–water partition coefficient (Wildman–Crippen LogP) is 13.7. The van der Waals surface area contributed by atoms with Crippen molar-refractivity contribution in [1.82, 2.24) is 0 Å². The molecule has 0 aromatic heterocycles. The molecule has 3 fully saturated rings. The zero-order valence-electron chi connectivity index (χ0n) is 30.7. The van der Waals surface area contributed by atoms with Gasteiger partial charge in [0.05, 0.1) is 0 Å². The van der Waals surface area contributed by atoms with E-state index in [1.54, 1.807) is 0 Å². The Kier molecular flexibility index (Phi) is 15.1. The molecular weight excluding hydrogens is 492 g/mol. The van der Waals surface area contributed by atoms with Crippen LogP contribution in [-0.4, -0.2) is 0 Å². The summed E-state index contributed by atoms with van der Waals surface area (Å²) in [4.78, 5) is 0. The Morgan fingerprint density at radius 1 is 0.756 bits per heavy atom. The SMILES string of the molecule is C.CC(C)C1CCC(C(C)C)C1.CCC1C(C)C2C(C)C(CC)(C(C)C(C)C(C)C)C(CC(C)C)CC2(C)C1CC. The second kappa shape index (κ2) is 15.8. The Morgan fingerprint density at radius 3 is 1.61 bits per heavy atom. The Labute approximate surface area is 262 Å². The summed E-state index contributed by atoms with van der Waals surface area (Å²) in [5, 5.41) is 0. The van der Waals surface area contributed by atoms with Gasteiger partial charge in [0.25, 0.3) is 0 Å². The zero-order chi connectivity index (χ0) is 30.7. The molecule has 3 saturated carbocycles. The highest BCUT2D eigenvalue weighted by atomic mass is 14.7. The van der Waals surface area contributed by atoms with E-state index in [1.807, 2.05) is 0 Å². The van der Waals surface area contributed by atoms with Crippen LogP contribution in [0.5, 0.6) is 0 Å². The van der Waals surface area contributed by atoms with Crippen molar-refractivity contribution in [2.75, 3.05) is 0 Å². The molecule has 0 aliphatic heterocycles. The van der Waals surface area contributed by atoms with E-state index in [9.17, 15) is 0 Å². The first-order valence-corrected chi connectivity index (χ1v) is 18.5. The quantitative estimate of drug-likeness (QED) is 0.243. The third-order valence-corrected chi connectivity index (χ3v) is 14.6. The van der Waals surface area contributed by atoms with Gasteiger partial charge in [0.2, 0.25) is 0 Å². The van der Waals surface area contributed by atoms with Gasteiger partial charge in [-0.2, -0.15) is 0 Å². The summed E-state index contributed by atoms with van der Waals surface area (Å²) in [5.41, 5.74) is 1.06. The van der Waals surface area contributed by atoms with Crippen LogP contribution in [0.4, 0.5) is 0 Å². The van der Waals surface area contributed by atoms with Gasteiger partial charge < -0.3 is 0 Å². The molecule has 3 aliphatic carbocycles. The molecule has 3 rings (SSSR count). The van der Waals surface area contributed by atoms with E-state index in [2.05, 4.69) is 111 Å². The van der Waals surface area contributed by atoms with Gasteiger partial charge in [-0.15, -0.1) is 0 Å². The van der Waals surface area contributed by atoms with Gasteiger partial charge in [0, 0.05) is 0 Å². The van der Waals surface area contributed by atoms with Gasteiger partial charge >= 0.3 is 0 Å². The van der Waals surface area contributed by atoms with Crippen molar-refractivity contribution in [1.29, 1.82) is 0 Å². The fourth-order valence-electron chi connectivity index (χ4n) is 12.1. The molecule has 0 heteroatoms. The lowest BCUT2D eigenvalue weighted by atomic mass is 9.42. The normalized spacial score (nSPS) is 40.4. The molecule has 3 aliphatic rings. The van der Waals surface area contributed by atoms with Crippen molar-refractivity contribution in [3.05, 3.63) is 0 Å². The van der Waals surface area contributed by atoms with Crippen LogP contribution in [0.25, 0.3) is 0 Å². The van der Waals surface area contributed by atoms with E-state index < -0.39 is 0 Å². The molecule has 12 atom stereocenters. The summed E-state index contributed by atoms with van der Waals surface area (Å²) in [7, 11) is 0. The lowest BCUT2D eigenvalue weighted by molar-refractivity contribution is -0.145. The first-order chi connectivity index (χ1) is 18.5. The van der Waals surface area contributed by atoms with Crippen LogP contribution in [0, 0.1) is 93.7 Å². The molecule has 0 spiro atoms. The molecule has 246 valence electrons. The van der Waals surface area contributed by atoms with Gasteiger partial charge in [-0.25, -0.2) is 0 Å². The van der Waals surface area contributed by atoms with Gasteiger partial charge in [0.1, 0.15) is 0 Å². The van der Waals surface area contributed by atoms with Crippen molar-refractivity contribution in [3.8, 4) is 0 Å². The fraction of sp³-hybridized carbons (Fsp3) is 1.00. The minimum Gasteiger partial charge on any atom is -0.0776 e. The highest BCUT2D eigenvalue weighted by Gasteiger charge is 2.65. The van der Waals surface area contributed by atoms with E-state index >= 15 is 0 Å². The summed E-state index contributed by atoms with van der Waals surface area (Å²) in [6.45, 7) is 40.1. The maximum absolute atomic E-state index is 2.73.